The van der Waals surface area contributed by atoms with E-state index in [-0.39, 0.29) is 0 Å². The maximum atomic E-state index is 5.51. The van der Waals surface area contributed by atoms with Crippen LogP contribution in [-0.2, 0) is 24.3 Å². The summed E-state index contributed by atoms with van der Waals surface area (Å²) < 4.78 is 5.51. The number of anilines is 1. The van der Waals surface area contributed by atoms with Gasteiger partial charge in [0.2, 0.25) is 0 Å². The number of nitrogens with zero attached hydrogens (tertiary/aromatic N) is 2. The van der Waals surface area contributed by atoms with Crippen LogP contribution >= 0.6 is 0 Å². The fraction of sp³-hybridized carbons (Fsp3) is 0.412. The predicted octanol–water partition coefficient (Wildman–Crippen LogP) is 3.50. The number of ether oxygens (including phenoxy) is 1. The van der Waals surface area contributed by atoms with Crippen molar-refractivity contribution < 1.29 is 4.74 Å². The molecule has 0 saturated heterocycles. The van der Waals surface area contributed by atoms with Crippen LogP contribution in [0, 0.1) is 6.92 Å². The van der Waals surface area contributed by atoms with Gasteiger partial charge in [-0.1, -0.05) is 31.2 Å². The maximum absolute atomic E-state index is 5.51. The van der Waals surface area contributed by atoms with E-state index in [1.807, 2.05) is 26.0 Å². The van der Waals surface area contributed by atoms with Crippen LogP contribution < -0.4 is 5.32 Å². The van der Waals surface area contributed by atoms with Gasteiger partial charge in [-0.25, -0.2) is 9.97 Å². The number of hydrogen-bond donors (Lipinski definition) is 1. The first-order valence-corrected chi connectivity index (χ1v) is 7.45. The highest BCUT2D eigenvalue weighted by Gasteiger charge is 2.04. The molecule has 0 fully saturated rings. The SMILES string of the molecule is CCOCc1ccccc1CNc1cc(CC)nc(C)n1. The third-order valence-electron chi connectivity index (χ3n) is 3.29. The molecule has 0 amide bonds. The lowest BCUT2D eigenvalue weighted by molar-refractivity contribution is 0.133. The molecule has 0 bridgehead atoms. The van der Waals surface area contributed by atoms with Crippen LogP contribution in [0.4, 0.5) is 5.82 Å². The van der Waals surface area contributed by atoms with Gasteiger partial charge < -0.3 is 10.1 Å². The van der Waals surface area contributed by atoms with Crippen LogP contribution in [0.25, 0.3) is 0 Å². The van der Waals surface area contributed by atoms with Gasteiger partial charge in [-0.3, -0.25) is 0 Å². The quantitative estimate of drug-likeness (QED) is 0.846. The fourth-order valence-electron chi connectivity index (χ4n) is 2.17. The summed E-state index contributed by atoms with van der Waals surface area (Å²) in [4.78, 5) is 8.83. The average molecular weight is 285 g/mol. The van der Waals surface area contributed by atoms with Gasteiger partial charge in [-0.05, 0) is 31.4 Å². The first-order chi connectivity index (χ1) is 10.2. The highest BCUT2D eigenvalue weighted by Crippen LogP contribution is 2.13. The van der Waals surface area contributed by atoms with Crippen LogP contribution in [0.3, 0.4) is 0 Å². The first-order valence-electron chi connectivity index (χ1n) is 7.45. The van der Waals surface area contributed by atoms with Crippen molar-refractivity contribution in [3.05, 3.63) is 53.0 Å². The Hall–Kier alpha value is -1.94. The Labute approximate surface area is 126 Å². The molecule has 0 aliphatic rings. The zero-order valence-corrected chi connectivity index (χ0v) is 13.0. The zero-order chi connectivity index (χ0) is 15.1. The van der Waals surface area contributed by atoms with Gasteiger partial charge in [0.1, 0.15) is 11.6 Å². The van der Waals surface area contributed by atoms with Gasteiger partial charge in [0.15, 0.2) is 0 Å². The van der Waals surface area contributed by atoms with Gasteiger partial charge in [0, 0.05) is 24.9 Å². The highest BCUT2D eigenvalue weighted by molar-refractivity contribution is 5.38. The molecule has 0 unspecified atom stereocenters. The average Bonchev–Trinajstić information content (AvgIpc) is 2.51. The minimum absolute atomic E-state index is 0.650. The lowest BCUT2D eigenvalue weighted by Crippen LogP contribution is -2.07. The van der Waals surface area contributed by atoms with Crippen molar-refractivity contribution in [2.75, 3.05) is 11.9 Å². The van der Waals surface area contributed by atoms with Crippen LogP contribution in [-0.4, -0.2) is 16.6 Å². The molecule has 4 nitrogen and oxygen atoms in total. The standard InChI is InChI=1S/C17H23N3O/c1-4-16-10-17(20-13(3)19-16)18-11-14-8-6-7-9-15(14)12-21-5-2/h6-10H,4-5,11-12H2,1-3H3,(H,18,19,20). The van der Waals surface area contributed by atoms with Crippen molar-refractivity contribution in [1.82, 2.24) is 9.97 Å². The number of benzene rings is 1. The Balaban J connectivity index is 2.07. The minimum atomic E-state index is 0.650. The summed E-state index contributed by atoms with van der Waals surface area (Å²) in [5, 5.41) is 3.39. The summed E-state index contributed by atoms with van der Waals surface area (Å²) in [7, 11) is 0. The van der Waals surface area contributed by atoms with E-state index in [0.29, 0.717) is 6.61 Å². The van der Waals surface area contributed by atoms with Crippen molar-refractivity contribution in [3.8, 4) is 0 Å². The number of nitrogens with one attached hydrogen (secondary N) is 1. The predicted molar refractivity (Wildman–Crippen MR) is 85.2 cm³/mol. The van der Waals surface area contributed by atoms with Crippen LogP contribution in [0.5, 0.6) is 0 Å². The Morgan fingerprint density at radius 2 is 1.86 bits per heavy atom. The molecule has 0 saturated carbocycles. The Bertz CT molecular complexity index is 584. The molecule has 1 aromatic carbocycles. The van der Waals surface area contributed by atoms with Gasteiger partial charge >= 0.3 is 0 Å². The van der Waals surface area contributed by atoms with Crippen molar-refractivity contribution in [2.45, 2.75) is 40.3 Å². The van der Waals surface area contributed by atoms with Crippen LogP contribution in [0.15, 0.2) is 30.3 Å². The molecule has 1 heterocycles. The minimum Gasteiger partial charge on any atom is -0.377 e. The Morgan fingerprint density at radius 1 is 1.10 bits per heavy atom. The maximum Gasteiger partial charge on any atom is 0.130 e. The molecule has 2 rings (SSSR count). The molecule has 1 aromatic heterocycles. The first kappa shape index (κ1) is 15.4. The second-order valence-corrected chi connectivity index (χ2v) is 4.90. The van der Waals surface area contributed by atoms with Gasteiger partial charge in [0.05, 0.1) is 6.61 Å². The van der Waals surface area contributed by atoms with E-state index in [4.69, 9.17) is 4.74 Å². The highest BCUT2D eigenvalue weighted by atomic mass is 16.5. The van der Waals surface area contributed by atoms with E-state index in [1.165, 1.54) is 11.1 Å². The molecular weight excluding hydrogens is 262 g/mol. The second-order valence-electron chi connectivity index (χ2n) is 4.90. The van der Waals surface area contributed by atoms with E-state index in [2.05, 4.69) is 40.4 Å². The van der Waals surface area contributed by atoms with Crippen molar-refractivity contribution in [3.63, 3.8) is 0 Å². The number of rotatable bonds is 7. The smallest absolute Gasteiger partial charge is 0.130 e. The number of aromatic nitrogens is 2. The van der Waals surface area contributed by atoms with E-state index in [0.717, 1.165) is 36.9 Å². The molecule has 21 heavy (non-hydrogen) atoms. The molecule has 2 aromatic rings. The molecule has 112 valence electrons. The summed E-state index contributed by atoms with van der Waals surface area (Å²) >= 11 is 0. The summed E-state index contributed by atoms with van der Waals surface area (Å²) in [6.45, 7) is 8.15. The van der Waals surface area contributed by atoms with E-state index >= 15 is 0 Å². The van der Waals surface area contributed by atoms with Gasteiger partial charge in [-0.2, -0.15) is 0 Å². The summed E-state index contributed by atoms with van der Waals surface area (Å²) in [5.74, 6) is 1.69. The Morgan fingerprint density at radius 3 is 2.57 bits per heavy atom. The zero-order valence-electron chi connectivity index (χ0n) is 13.0. The second kappa shape index (κ2) is 7.74. The summed E-state index contributed by atoms with van der Waals surface area (Å²) in [6, 6.07) is 10.3. The lowest BCUT2D eigenvalue weighted by atomic mass is 10.1. The summed E-state index contributed by atoms with van der Waals surface area (Å²) in [6.07, 6.45) is 0.916. The summed E-state index contributed by atoms with van der Waals surface area (Å²) in [5.41, 5.74) is 3.52. The monoisotopic (exact) mass is 285 g/mol. The Kier molecular flexibility index (Phi) is 5.69. The third kappa shape index (κ3) is 4.53. The van der Waals surface area contributed by atoms with Crippen molar-refractivity contribution in [2.24, 2.45) is 0 Å². The van der Waals surface area contributed by atoms with Crippen LogP contribution in [0.2, 0.25) is 0 Å². The lowest BCUT2D eigenvalue weighted by Gasteiger charge is -2.12. The molecule has 0 aliphatic heterocycles. The molecular formula is C17H23N3O. The third-order valence-corrected chi connectivity index (χ3v) is 3.29. The normalized spacial score (nSPS) is 10.6. The molecule has 0 radical (unpaired) electrons. The molecule has 4 heteroatoms. The molecule has 0 aliphatic carbocycles. The van der Waals surface area contributed by atoms with Crippen molar-refractivity contribution in [1.29, 1.82) is 0 Å². The van der Waals surface area contributed by atoms with Gasteiger partial charge in [-0.15, -0.1) is 0 Å². The number of hydrogen-bond acceptors (Lipinski definition) is 4. The number of aryl methyl sites for hydroxylation is 2. The molecule has 1 N–H and O–H groups in total. The van der Waals surface area contributed by atoms with Gasteiger partial charge in [0.25, 0.3) is 0 Å². The van der Waals surface area contributed by atoms with E-state index < -0.39 is 0 Å². The van der Waals surface area contributed by atoms with Crippen molar-refractivity contribution >= 4 is 5.82 Å². The molecule has 0 atom stereocenters. The van der Waals surface area contributed by atoms with E-state index in [1.54, 1.807) is 0 Å². The van der Waals surface area contributed by atoms with Crippen LogP contribution in [0.1, 0.15) is 36.5 Å². The topological polar surface area (TPSA) is 47.0 Å². The molecule has 0 spiro atoms. The largest absolute Gasteiger partial charge is 0.377 e. The fourth-order valence-corrected chi connectivity index (χ4v) is 2.17. The van der Waals surface area contributed by atoms with E-state index in [9.17, 15) is 0 Å².